The van der Waals surface area contributed by atoms with Crippen LogP contribution in [0.15, 0.2) is 34.3 Å². The van der Waals surface area contributed by atoms with E-state index in [1.165, 1.54) is 29.1 Å². The first-order valence-electron chi connectivity index (χ1n) is 6.58. The van der Waals surface area contributed by atoms with Crippen molar-refractivity contribution in [3.63, 3.8) is 0 Å². The number of halogens is 2. The van der Waals surface area contributed by atoms with Crippen molar-refractivity contribution in [3.8, 4) is 11.3 Å². The summed E-state index contributed by atoms with van der Waals surface area (Å²) in [5.74, 6) is -1.19. The van der Waals surface area contributed by atoms with E-state index in [2.05, 4.69) is 20.5 Å². The first-order valence-corrected chi connectivity index (χ1v) is 7.46. The molecule has 0 aliphatic heterocycles. The van der Waals surface area contributed by atoms with E-state index < -0.39 is 11.6 Å². The van der Waals surface area contributed by atoms with Gasteiger partial charge >= 0.3 is 0 Å². The highest BCUT2D eigenvalue weighted by Crippen LogP contribution is 2.24. The van der Waals surface area contributed by atoms with E-state index in [0.29, 0.717) is 5.13 Å². The number of rotatable bonds is 5. The molecule has 1 aromatic carbocycles. The van der Waals surface area contributed by atoms with Crippen molar-refractivity contribution in [1.82, 2.24) is 15.2 Å². The Bertz CT molecular complexity index is 820. The Labute approximate surface area is 133 Å². The zero-order valence-electron chi connectivity index (χ0n) is 11.6. The minimum absolute atomic E-state index is 0.114. The Morgan fingerprint density at radius 1 is 1.35 bits per heavy atom. The lowest BCUT2D eigenvalue weighted by atomic mass is 10.2. The second-order valence-electron chi connectivity index (χ2n) is 4.53. The van der Waals surface area contributed by atoms with Gasteiger partial charge in [0.25, 0.3) is 0 Å². The zero-order valence-corrected chi connectivity index (χ0v) is 12.4. The lowest BCUT2D eigenvalue weighted by Crippen LogP contribution is -2.12. The molecule has 0 spiro atoms. The average Bonchev–Trinajstić information content (AvgIpc) is 3.17. The molecule has 0 bridgehead atoms. The molecule has 0 unspecified atom stereocenters. The topological polar surface area (TPSA) is 80.9 Å². The van der Waals surface area contributed by atoms with Crippen LogP contribution in [0.3, 0.4) is 0 Å². The fourth-order valence-corrected chi connectivity index (χ4v) is 2.33. The van der Waals surface area contributed by atoms with Gasteiger partial charge in [-0.1, -0.05) is 11.3 Å². The number of anilines is 1. The van der Waals surface area contributed by atoms with Crippen LogP contribution < -0.4 is 5.32 Å². The van der Waals surface area contributed by atoms with Gasteiger partial charge in [-0.2, -0.15) is 0 Å². The van der Waals surface area contributed by atoms with Gasteiger partial charge in [0.15, 0.2) is 11.7 Å². The monoisotopic (exact) mass is 336 g/mol. The van der Waals surface area contributed by atoms with Gasteiger partial charge in [0.1, 0.15) is 17.1 Å². The smallest absolute Gasteiger partial charge is 0.226 e. The molecule has 0 aliphatic rings. The minimum atomic E-state index is -0.735. The molecular weight excluding hydrogens is 326 g/mol. The Morgan fingerprint density at radius 2 is 2.22 bits per heavy atom. The van der Waals surface area contributed by atoms with Crippen LogP contribution >= 0.6 is 11.3 Å². The van der Waals surface area contributed by atoms with Gasteiger partial charge in [0.05, 0.1) is 11.8 Å². The van der Waals surface area contributed by atoms with Gasteiger partial charge in [0, 0.05) is 18.9 Å². The van der Waals surface area contributed by atoms with E-state index in [9.17, 15) is 13.6 Å². The van der Waals surface area contributed by atoms with Gasteiger partial charge in [0.2, 0.25) is 11.0 Å². The van der Waals surface area contributed by atoms with Gasteiger partial charge in [-0.25, -0.2) is 13.8 Å². The molecule has 0 saturated carbocycles. The molecule has 0 aliphatic carbocycles. The van der Waals surface area contributed by atoms with E-state index in [0.717, 1.165) is 12.1 Å². The summed E-state index contributed by atoms with van der Waals surface area (Å²) in [7, 11) is 0. The maximum atomic E-state index is 13.7. The lowest BCUT2D eigenvalue weighted by molar-refractivity contribution is -0.116. The second kappa shape index (κ2) is 6.61. The summed E-state index contributed by atoms with van der Waals surface area (Å²) in [6.07, 6.45) is 1.72. The number of hydrogen-bond acceptors (Lipinski definition) is 6. The maximum Gasteiger partial charge on any atom is 0.226 e. The van der Waals surface area contributed by atoms with Crippen LogP contribution in [0.25, 0.3) is 11.3 Å². The Balaban J connectivity index is 1.62. The van der Waals surface area contributed by atoms with Crippen molar-refractivity contribution in [2.75, 3.05) is 5.32 Å². The van der Waals surface area contributed by atoms with Gasteiger partial charge in [-0.15, -0.1) is 10.2 Å². The number of carbonyl (C=O) groups is 1. The third-order valence-electron chi connectivity index (χ3n) is 2.92. The molecule has 0 saturated heterocycles. The van der Waals surface area contributed by atoms with Crippen molar-refractivity contribution in [2.45, 2.75) is 12.8 Å². The standard InChI is InChI=1S/C14H10F2N4O2S/c15-8-1-2-9(10(16)5-8)11-6-17-13(22-11)4-3-12(21)19-14-20-18-7-23-14/h1-2,5-7H,3-4H2,(H,19,20,21). The van der Waals surface area contributed by atoms with Crippen LogP contribution in [0.1, 0.15) is 12.3 Å². The fourth-order valence-electron chi connectivity index (χ4n) is 1.87. The number of benzene rings is 1. The molecule has 3 rings (SSSR count). The van der Waals surface area contributed by atoms with Crippen LogP contribution in [0, 0.1) is 11.6 Å². The molecule has 23 heavy (non-hydrogen) atoms. The number of amides is 1. The fraction of sp³-hybridized carbons (Fsp3) is 0.143. The normalized spacial score (nSPS) is 10.7. The third kappa shape index (κ3) is 3.75. The molecule has 3 aromatic rings. The predicted molar refractivity (Wildman–Crippen MR) is 78.7 cm³/mol. The summed E-state index contributed by atoms with van der Waals surface area (Å²) < 4.78 is 32.0. The highest BCUT2D eigenvalue weighted by atomic mass is 32.1. The first kappa shape index (κ1) is 15.2. The van der Waals surface area contributed by atoms with E-state index >= 15 is 0 Å². The molecule has 1 N–H and O–H groups in total. The summed E-state index contributed by atoms with van der Waals surface area (Å²) in [5, 5.41) is 10.3. The van der Waals surface area contributed by atoms with Crippen LogP contribution in [0.5, 0.6) is 0 Å². The van der Waals surface area contributed by atoms with Gasteiger partial charge < -0.3 is 9.73 Å². The van der Waals surface area contributed by atoms with Crippen LogP contribution in [0.4, 0.5) is 13.9 Å². The van der Waals surface area contributed by atoms with Crippen LogP contribution in [0.2, 0.25) is 0 Å². The van der Waals surface area contributed by atoms with Crippen molar-refractivity contribution in [3.05, 3.63) is 47.4 Å². The molecule has 6 nitrogen and oxygen atoms in total. The molecule has 2 aromatic heterocycles. The molecular formula is C14H10F2N4O2S. The van der Waals surface area contributed by atoms with Crippen molar-refractivity contribution >= 4 is 22.4 Å². The molecule has 0 radical (unpaired) electrons. The van der Waals surface area contributed by atoms with Gasteiger partial charge in [-0.3, -0.25) is 4.79 Å². The third-order valence-corrected chi connectivity index (χ3v) is 3.53. The van der Waals surface area contributed by atoms with Crippen molar-refractivity contribution in [1.29, 1.82) is 0 Å². The number of aromatic nitrogens is 3. The van der Waals surface area contributed by atoms with E-state index in [1.807, 2.05) is 0 Å². The molecule has 0 atom stereocenters. The molecule has 2 heterocycles. The summed E-state index contributed by atoms with van der Waals surface area (Å²) in [6, 6.07) is 3.18. The molecule has 1 amide bonds. The zero-order chi connectivity index (χ0) is 16.2. The number of hydrogen-bond donors (Lipinski definition) is 1. The SMILES string of the molecule is O=C(CCc1ncc(-c2ccc(F)cc2F)o1)Nc1nncs1. The summed E-state index contributed by atoms with van der Waals surface area (Å²) >= 11 is 1.21. The second-order valence-corrected chi connectivity index (χ2v) is 5.37. The maximum absolute atomic E-state index is 13.7. The molecule has 118 valence electrons. The van der Waals surface area contributed by atoms with E-state index in [-0.39, 0.29) is 36.0 Å². The van der Waals surface area contributed by atoms with Crippen LogP contribution in [-0.4, -0.2) is 21.1 Å². The van der Waals surface area contributed by atoms with Crippen molar-refractivity contribution < 1.29 is 18.0 Å². The molecule has 9 heteroatoms. The van der Waals surface area contributed by atoms with Crippen molar-refractivity contribution in [2.24, 2.45) is 0 Å². The molecule has 0 fully saturated rings. The van der Waals surface area contributed by atoms with E-state index in [4.69, 9.17) is 4.42 Å². The minimum Gasteiger partial charge on any atom is -0.441 e. The number of nitrogens with one attached hydrogen (secondary N) is 1. The predicted octanol–water partition coefficient (Wildman–Crippen LogP) is 3.04. The Hall–Kier alpha value is -2.68. The first-order chi connectivity index (χ1) is 11.1. The average molecular weight is 336 g/mol. The lowest BCUT2D eigenvalue weighted by Gasteiger charge is -2.00. The van der Waals surface area contributed by atoms with E-state index in [1.54, 1.807) is 0 Å². The largest absolute Gasteiger partial charge is 0.441 e. The quantitative estimate of drug-likeness (QED) is 0.774. The highest BCUT2D eigenvalue weighted by molar-refractivity contribution is 7.13. The highest BCUT2D eigenvalue weighted by Gasteiger charge is 2.13. The number of aryl methyl sites for hydroxylation is 1. The number of nitrogens with zero attached hydrogens (tertiary/aromatic N) is 3. The Morgan fingerprint density at radius 3 is 2.96 bits per heavy atom. The summed E-state index contributed by atoms with van der Waals surface area (Å²) in [6.45, 7) is 0. The Kier molecular flexibility index (Phi) is 4.38. The summed E-state index contributed by atoms with van der Waals surface area (Å²) in [4.78, 5) is 15.7. The van der Waals surface area contributed by atoms with Gasteiger partial charge in [-0.05, 0) is 12.1 Å². The van der Waals surface area contributed by atoms with Crippen LogP contribution in [-0.2, 0) is 11.2 Å². The number of oxazole rings is 1. The number of carbonyl (C=O) groups excluding carboxylic acids is 1. The summed E-state index contributed by atoms with van der Waals surface area (Å²) in [5.41, 5.74) is 1.62.